The summed E-state index contributed by atoms with van der Waals surface area (Å²) in [5.74, 6) is 0.785. The molecule has 0 fully saturated rings. The molecule has 0 saturated carbocycles. The van der Waals surface area contributed by atoms with Gasteiger partial charge in [0.25, 0.3) is 0 Å². The van der Waals surface area contributed by atoms with Gasteiger partial charge in [-0.2, -0.15) is 0 Å². The molecule has 7 aromatic carbocycles. The number of hydrogen-bond acceptors (Lipinski definition) is 3. The number of phenolic OH excluding ortho intramolecular Hbond substituents is 1. The van der Waals surface area contributed by atoms with Crippen molar-refractivity contribution in [3.63, 3.8) is 0 Å². The molecule has 60 heavy (non-hydrogen) atoms. The Morgan fingerprint density at radius 1 is 0.550 bits per heavy atom. The lowest BCUT2D eigenvalue weighted by atomic mass is 9.91. The number of phenols is 1. The van der Waals surface area contributed by atoms with Gasteiger partial charge in [-0.25, -0.2) is 4.98 Å². The minimum Gasteiger partial charge on any atom is -0.507 e. The van der Waals surface area contributed by atoms with Gasteiger partial charge in [-0.1, -0.05) is 142 Å². The van der Waals surface area contributed by atoms with Gasteiger partial charge in [0, 0.05) is 21.4 Å². The van der Waals surface area contributed by atoms with Crippen molar-refractivity contribution in [3.8, 4) is 78.6 Å². The molecule has 0 unspecified atom stereocenters. The van der Waals surface area contributed by atoms with E-state index in [2.05, 4.69) is 107 Å². The molecule has 0 aliphatic heterocycles. The zero-order valence-corrected chi connectivity index (χ0v) is 34.6. The van der Waals surface area contributed by atoms with Gasteiger partial charge in [0.2, 0.25) is 0 Å². The summed E-state index contributed by atoms with van der Waals surface area (Å²) >= 11 is 0. The summed E-state index contributed by atoms with van der Waals surface area (Å²) < 4.78 is 28.6. The average Bonchev–Trinajstić information content (AvgIpc) is 3.68. The Balaban J connectivity index is 1.33. The third-order valence-electron chi connectivity index (χ3n) is 11.5. The highest BCUT2D eigenvalue weighted by Gasteiger charge is 2.24. The maximum Gasteiger partial charge on any atom is 0.149 e. The average molecular weight is 783 g/mol. The molecule has 0 amide bonds. The number of hydrogen-bond donors (Lipinski definition) is 1. The van der Waals surface area contributed by atoms with Crippen molar-refractivity contribution < 1.29 is 9.22 Å². The predicted molar refractivity (Wildman–Crippen MR) is 251 cm³/mol. The lowest BCUT2D eigenvalue weighted by Gasteiger charge is -2.19. The first-order chi connectivity index (χ1) is 30.3. The number of pyridine rings is 1. The second-order valence-electron chi connectivity index (χ2n) is 16.3. The van der Waals surface area contributed by atoms with Crippen LogP contribution in [0.4, 0.5) is 0 Å². The van der Waals surface area contributed by atoms with E-state index in [4.69, 9.17) is 14.1 Å². The molecular formula is C56H49N3O. The summed E-state index contributed by atoms with van der Waals surface area (Å²) in [6, 6.07) is 55.2. The number of fused-ring (bicyclic) bond motifs is 1. The molecule has 0 bridgehead atoms. The number of aromatic nitrogens is 3. The summed E-state index contributed by atoms with van der Waals surface area (Å²) in [7, 11) is 0. The van der Waals surface area contributed by atoms with E-state index in [0.29, 0.717) is 28.1 Å². The van der Waals surface area contributed by atoms with E-state index in [-0.39, 0.29) is 23.1 Å². The van der Waals surface area contributed by atoms with Crippen LogP contribution in [0.25, 0.3) is 83.9 Å². The van der Waals surface area contributed by atoms with Gasteiger partial charge in [0.1, 0.15) is 11.6 Å². The summed E-state index contributed by atoms with van der Waals surface area (Å²) in [5, 5.41) is 12.2. The zero-order chi connectivity index (χ0) is 44.0. The lowest BCUT2D eigenvalue weighted by Crippen LogP contribution is -2.03. The van der Waals surface area contributed by atoms with Crippen molar-refractivity contribution in [2.24, 2.45) is 0 Å². The normalized spacial score (nSPS) is 12.5. The smallest absolute Gasteiger partial charge is 0.149 e. The van der Waals surface area contributed by atoms with Gasteiger partial charge in [0.15, 0.2) is 0 Å². The summed E-state index contributed by atoms with van der Waals surface area (Å²) in [5.41, 5.74) is 15.2. The maximum atomic E-state index is 12.2. The Hall–Kier alpha value is -7.04. The van der Waals surface area contributed by atoms with E-state index in [1.54, 1.807) is 6.07 Å². The van der Waals surface area contributed by atoms with Crippen LogP contribution < -0.4 is 0 Å². The number of aromatic hydroxyl groups is 1. The van der Waals surface area contributed by atoms with Crippen LogP contribution in [0.15, 0.2) is 170 Å². The van der Waals surface area contributed by atoms with E-state index < -0.39 is 6.85 Å². The van der Waals surface area contributed by atoms with Crippen molar-refractivity contribution in [2.45, 2.75) is 53.3 Å². The van der Waals surface area contributed by atoms with Crippen molar-refractivity contribution in [1.29, 1.82) is 0 Å². The third kappa shape index (κ3) is 7.30. The lowest BCUT2D eigenvalue weighted by molar-refractivity contribution is 0.466. The molecule has 1 N–H and O–H groups in total. The SMILES string of the molecule is [2H]C([2H])([2H])c1cc(-c2ccccc2)ccc1-n1c(-c2cc(C(C)C)cc(C(C)C)c2O)nc2c(-c3cc(-c4ccccc4)cc(-c4cc(-c5ccc(C)cc5)ccn4)c3)cccc21. The first-order valence-corrected chi connectivity index (χ1v) is 20.7. The van der Waals surface area contributed by atoms with Crippen LogP contribution >= 0.6 is 0 Å². The number of benzene rings is 7. The van der Waals surface area contributed by atoms with Crippen LogP contribution in [-0.2, 0) is 0 Å². The number of imidazole rings is 1. The molecule has 0 aliphatic rings. The van der Waals surface area contributed by atoms with Gasteiger partial charge >= 0.3 is 0 Å². The van der Waals surface area contributed by atoms with Crippen molar-refractivity contribution in [3.05, 3.63) is 192 Å². The monoisotopic (exact) mass is 782 g/mol. The minimum atomic E-state index is -2.48. The van der Waals surface area contributed by atoms with Crippen LogP contribution in [0.3, 0.4) is 0 Å². The molecule has 294 valence electrons. The molecule has 9 rings (SSSR count). The molecule has 2 heterocycles. The van der Waals surface area contributed by atoms with Crippen molar-refractivity contribution >= 4 is 11.0 Å². The predicted octanol–water partition coefficient (Wildman–Crippen LogP) is 15.0. The fraction of sp³-hybridized carbons (Fsp3) is 0.143. The summed E-state index contributed by atoms with van der Waals surface area (Å²) in [6.07, 6.45) is 1.86. The number of rotatable bonds is 9. The fourth-order valence-electron chi connectivity index (χ4n) is 8.16. The van der Waals surface area contributed by atoms with Crippen LogP contribution in [-0.4, -0.2) is 19.6 Å². The highest BCUT2D eigenvalue weighted by molar-refractivity contribution is 5.98. The molecule has 0 atom stereocenters. The van der Waals surface area contributed by atoms with Gasteiger partial charge in [-0.05, 0) is 136 Å². The molecule has 0 aliphatic carbocycles. The Labute approximate surface area is 357 Å². The van der Waals surface area contributed by atoms with Crippen molar-refractivity contribution in [1.82, 2.24) is 14.5 Å². The van der Waals surface area contributed by atoms with E-state index in [1.165, 1.54) is 5.56 Å². The number of para-hydroxylation sites is 1. The number of nitrogens with zero attached hydrogens (tertiary/aromatic N) is 3. The molecule has 4 nitrogen and oxygen atoms in total. The minimum absolute atomic E-state index is 0.0243. The first kappa shape index (κ1) is 35.0. The number of aryl methyl sites for hydroxylation is 2. The Kier molecular flexibility index (Phi) is 9.29. The molecule has 4 heteroatoms. The Morgan fingerprint density at radius 2 is 1.20 bits per heavy atom. The fourth-order valence-corrected chi connectivity index (χ4v) is 8.16. The topological polar surface area (TPSA) is 50.9 Å². The second kappa shape index (κ2) is 16.0. The van der Waals surface area contributed by atoms with Gasteiger partial charge < -0.3 is 5.11 Å². The summed E-state index contributed by atoms with van der Waals surface area (Å²) in [4.78, 5) is 10.4. The molecule has 2 aromatic heterocycles. The van der Waals surface area contributed by atoms with Gasteiger partial charge in [-0.3, -0.25) is 9.55 Å². The maximum absolute atomic E-state index is 12.2. The first-order valence-electron chi connectivity index (χ1n) is 22.2. The highest BCUT2D eigenvalue weighted by atomic mass is 16.3. The largest absolute Gasteiger partial charge is 0.507 e. The molecule has 0 radical (unpaired) electrons. The van der Waals surface area contributed by atoms with Crippen LogP contribution in [0.1, 0.15) is 65.9 Å². The van der Waals surface area contributed by atoms with Gasteiger partial charge in [-0.15, -0.1) is 0 Å². The van der Waals surface area contributed by atoms with Crippen LogP contribution in [0, 0.1) is 13.8 Å². The van der Waals surface area contributed by atoms with E-state index in [9.17, 15) is 5.11 Å². The highest BCUT2D eigenvalue weighted by Crippen LogP contribution is 2.44. The Bertz CT molecular complexity index is 3110. The van der Waals surface area contributed by atoms with Gasteiger partial charge in [0.05, 0.1) is 28.0 Å². The standard InChI is InChI=1S/C56H49N3O/c1-35(2)44-32-49(36(3)4)55(60)50(33-44)56-58-54-48(18-13-19-53(54)59(56)52-25-24-42(28-38(52)6)39-14-9-7-10-15-39)46-29-45(40-16-11-8-12-17-40)30-47(31-46)51-34-43(26-27-57-51)41-22-20-37(5)21-23-41/h7-36,60H,1-6H3/i6D3. The summed E-state index contributed by atoms with van der Waals surface area (Å²) in [6.45, 7) is 8.03. The molecule has 9 aromatic rings. The quantitative estimate of drug-likeness (QED) is 0.159. The van der Waals surface area contributed by atoms with Crippen LogP contribution in [0.5, 0.6) is 5.75 Å². The van der Waals surface area contributed by atoms with Crippen LogP contribution in [0.2, 0.25) is 0 Å². The van der Waals surface area contributed by atoms with E-state index in [1.807, 2.05) is 95.7 Å². The van der Waals surface area contributed by atoms with Crippen molar-refractivity contribution in [2.75, 3.05) is 0 Å². The molecule has 0 saturated heterocycles. The van der Waals surface area contributed by atoms with E-state index in [0.717, 1.165) is 66.9 Å². The second-order valence-corrected chi connectivity index (χ2v) is 16.3. The van der Waals surface area contributed by atoms with E-state index >= 15 is 0 Å². The molecular weight excluding hydrogens is 731 g/mol. The Morgan fingerprint density at radius 3 is 1.90 bits per heavy atom. The third-order valence-corrected chi connectivity index (χ3v) is 11.5. The zero-order valence-electron chi connectivity index (χ0n) is 37.6. The molecule has 0 spiro atoms.